The minimum Gasteiger partial charge on any atom is -0.373 e. The van der Waals surface area contributed by atoms with Gasteiger partial charge in [0.25, 0.3) is 0 Å². The second-order valence-electron chi connectivity index (χ2n) is 2.86. The Hall–Kier alpha value is -1.61. The van der Waals surface area contributed by atoms with Crippen LogP contribution in [0.3, 0.4) is 0 Å². The van der Waals surface area contributed by atoms with Crippen molar-refractivity contribution in [3.8, 4) is 12.3 Å². The van der Waals surface area contributed by atoms with Crippen molar-refractivity contribution in [2.75, 3.05) is 11.9 Å². The average Bonchev–Trinajstić information content (AvgIpc) is 2.26. The molecule has 0 radical (unpaired) electrons. The van der Waals surface area contributed by atoms with Gasteiger partial charge in [0.05, 0.1) is 17.1 Å². The smallest absolute Gasteiger partial charge is 0.341 e. The van der Waals surface area contributed by atoms with Gasteiger partial charge in [0.15, 0.2) is 0 Å². The SMILES string of the molecule is C#CCNc1ccccc1S(=O)(=O)C(F)F. The third-order valence-electron chi connectivity index (χ3n) is 1.81. The van der Waals surface area contributed by atoms with Crippen molar-refractivity contribution in [3.05, 3.63) is 24.3 Å². The monoisotopic (exact) mass is 245 g/mol. The number of alkyl halides is 2. The molecule has 0 amide bonds. The molecule has 86 valence electrons. The summed E-state index contributed by atoms with van der Waals surface area (Å²) in [5, 5.41) is 2.58. The highest BCUT2D eigenvalue weighted by atomic mass is 32.2. The van der Waals surface area contributed by atoms with E-state index >= 15 is 0 Å². The molecule has 0 unspecified atom stereocenters. The molecule has 0 spiro atoms. The number of hydrogen-bond donors (Lipinski definition) is 1. The van der Waals surface area contributed by atoms with Gasteiger partial charge < -0.3 is 5.32 Å². The van der Waals surface area contributed by atoms with Crippen molar-refractivity contribution in [2.24, 2.45) is 0 Å². The summed E-state index contributed by atoms with van der Waals surface area (Å²) in [5.74, 6) is -1.21. The number of benzene rings is 1. The molecular weight excluding hydrogens is 236 g/mol. The van der Waals surface area contributed by atoms with E-state index in [1.165, 1.54) is 18.2 Å². The zero-order chi connectivity index (χ0) is 12.2. The van der Waals surface area contributed by atoms with Crippen LogP contribution >= 0.6 is 0 Å². The fourth-order valence-electron chi connectivity index (χ4n) is 1.10. The third kappa shape index (κ3) is 2.49. The van der Waals surface area contributed by atoms with Crippen molar-refractivity contribution >= 4 is 15.5 Å². The number of halogens is 2. The van der Waals surface area contributed by atoms with Crippen LogP contribution in [0.1, 0.15) is 0 Å². The van der Waals surface area contributed by atoms with Crippen LogP contribution in [0, 0.1) is 12.3 Å². The molecule has 16 heavy (non-hydrogen) atoms. The minimum atomic E-state index is -4.60. The Balaban J connectivity index is 3.19. The molecular formula is C10H9F2NO2S. The maximum atomic E-state index is 12.3. The molecule has 1 aromatic rings. The van der Waals surface area contributed by atoms with Crippen LogP contribution in [-0.4, -0.2) is 20.7 Å². The Morgan fingerprint density at radius 1 is 1.38 bits per heavy atom. The van der Waals surface area contributed by atoms with Crippen molar-refractivity contribution in [3.63, 3.8) is 0 Å². The van der Waals surface area contributed by atoms with Gasteiger partial charge in [0.2, 0.25) is 9.84 Å². The lowest BCUT2D eigenvalue weighted by Gasteiger charge is -2.09. The standard InChI is InChI=1S/C10H9F2NO2S/c1-2-7-13-8-5-3-4-6-9(8)16(14,15)10(11)12/h1,3-6,10,13H,7H2. The van der Waals surface area contributed by atoms with Crippen LogP contribution in [0.4, 0.5) is 14.5 Å². The first-order chi connectivity index (χ1) is 7.50. The lowest BCUT2D eigenvalue weighted by molar-refractivity contribution is 0.235. The fourth-order valence-corrected chi connectivity index (χ4v) is 2.01. The first-order valence-electron chi connectivity index (χ1n) is 4.28. The Kier molecular flexibility index (Phi) is 3.85. The van der Waals surface area contributed by atoms with Crippen LogP contribution in [0.2, 0.25) is 0 Å². The van der Waals surface area contributed by atoms with Gasteiger partial charge in [-0.1, -0.05) is 18.1 Å². The summed E-state index contributed by atoms with van der Waals surface area (Å²) in [6.07, 6.45) is 4.99. The molecule has 0 aliphatic carbocycles. The highest BCUT2D eigenvalue weighted by Gasteiger charge is 2.28. The zero-order valence-corrected chi connectivity index (χ0v) is 8.97. The molecule has 0 atom stereocenters. The minimum absolute atomic E-state index is 0.0652. The van der Waals surface area contributed by atoms with Gasteiger partial charge in [-0.05, 0) is 12.1 Å². The molecule has 1 N–H and O–H groups in total. The van der Waals surface area contributed by atoms with Gasteiger partial charge in [-0.15, -0.1) is 6.42 Å². The van der Waals surface area contributed by atoms with Crippen molar-refractivity contribution < 1.29 is 17.2 Å². The summed E-state index contributed by atoms with van der Waals surface area (Å²) >= 11 is 0. The molecule has 0 saturated carbocycles. The Bertz CT molecular complexity index is 506. The number of terminal acetylenes is 1. The predicted octanol–water partition coefficient (Wildman–Crippen LogP) is 1.73. The van der Waals surface area contributed by atoms with Gasteiger partial charge in [-0.2, -0.15) is 8.78 Å². The topological polar surface area (TPSA) is 46.2 Å². The molecule has 0 aromatic heterocycles. The predicted molar refractivity (Wildman–Crippen MR) is 57.0 cm³/mol. The molecule has 0 saturated heterocycles. The van der Waals surface area contributed by atoms with Gasteiger partial charge >= 0.3 is 5.76 Å². The van der Waals surface area contributed by atoms with Crippen molar-refractivity contribution in [1.29, 1.82) is 0 Å². The van der Waals surface area contributed by atoms with Crippen LogP contribution in [0.15, 0.2) is 29.2 Å². The number of anilines is 1. The molecule has 0 aliphatic rings. The molecule has 3 nitrogen and oxygen atoms in total. The van der Waals surface area contributed by atoms with E-state index in [0.717, 1.165) is 6.07 Å². The van der Waals surface area contributed by atoms with E-state index in [1.54, 1.807) is 0 Å². The second-order valence-corrected chi connectivity index (χ2v) is 4.75. The van der Waals surface area contributed by atoms with Gasteiger partial charge in [0, 0.05) is 0 Å². The third-order valence-corrected chi connectivity index (χ3v) is 3.25. The van der Waals surface area contributed by atoms with E-state index < -0.39 is 20.5 Å². The molecule has 6 heteroatoms. The number of rotatable bonds is 4. The van der Waals surface area contributed by atoms with E-state index in [4.69, 9.17) is 6.42 Å². The molecule has 1 aromatic carbocycles. The summed E-state index contributed by atoms with van der Waals surface area (Å²) < 4.78 is 47.2. The summed E-state index contributed by atoms with van der Waals surface area (Å²) in [4.78, 5) is -0.444. The summed E-state index contributed by atoms with van der Waals surface area (Å²) in [6, 6.07) is 5.40. The molecule has 0 heterocycles. The van der Waals surface area contributed by atoms with Gasteiger partial charge in [0.1, 0.15) is 0 Å². The Morgan fingerprint density at radius 2 is 2.00 bits per heavy atom. The number of nitrogens with one attached hydrogen (secondary N) is 1. The van der Waals surface area contributed by atoms with Crippen LogP contribution in [-0.2, 0) is 9.84 Å². The summed E-state index contributed by atoms with van der Waals surface area (Å²) in [5.41, 5.74) is 0.0840. The number of hydrogen-bond acceptors (Lipinski definition) is 3. The second kappa shape index (κ2) is 4.94. The lowest BCUT2D eigenvalue weighted by atomic mass is 10.3. The van der Waals surface area contributed by atoms with Crippen molar-refractivity contribution in [2.45, 2.75) is 10.7 Å². The highest BCUT2D eigenvalue weighted by Crippen LogP contribution is 2.25. The largest absolute Gasteiger partial charge is 0.373 e. The average molecular weight is 245 g/mol. The van der Waals surface area contributed by atoms with E-state index in [0.29, 0.717) is 0 Å². The maximum absolute atomic E-state index is 12.3. The van der Waals surface area contributed by atoms with E-state index in [1.807, 2.05) is 0 Å². The Morgan fingerprint density at radius 3 is 2.56 bits per heavy atom. The van der Waals surface area contributed by atoms with Crippen LogP contribution in [0.25, 0.3) is 0 Å². The summed E-state index contributed by atoms with van der Waals surface area (Å²) in [6.45, 7) is 0.0652. The maximum Gasteiger partial charge on any atom is 0.341 e. The number of sulfone groups is 1. The molecule has 1 rings (SSSR count). The highest BCUT2D eigenvalue weighted by molar-refractivity contribution is 7.91. The van der Waals surface area contributed by atoms with Gasteiger partial charge in [-0.25, -0.2) is 8.42 Å². The fraction of sp³-hybridized carbons (Fsp3) is 0.200. The number of para-hydroxylation sites is 1. The van der Waals surface area contributed by atoms with Crippen LogP contribution < -0.4 is 5.32 Å². The molecule has 0 bridgehead atoms. The van der Waals surface area contributed by atoms with E-state index in [2.05, 4.69) is 11.2 Å². The van der Waals surface area contributed by atoms with E-state index in [-0.39, 0.29) is 12.2 Å². The zero-order valence-electron chi connectivity index (χ0n) is 8.15. The lowest BCUT2D eigenvalue weighted by Crippen LogP contribution is -2.14. The normalized spacial score (nSPS) is 11.1. The molecule has 0 fully saturated rings. The van der Waals surface area contributed by atoms with E-state index in [9.17, 15) is 17.2 Å². The quantitative estimate of drug-likeness (QED) is 0.822. The first-order valence-corrected chi connectivity index (χ1v) is 5.83. The first kappa shape index (κ1) is 12.5. The summed E-state index contributed by atoms with van der Waals surface area (Å²) in [7, 11) is -4.60. The van der Waals surface area contributed by atoms with Gasteiger partial charge in [-0.3, -0.25) is 0 Å². The van der Waals surface area contributed by atoms with Crippen LogP contribution in [0.5, 0.6) is 0 Å². The Labute approximate surface area is 92.4 Å². The molecule has 0 aliphatic heterocycles. The van der Waals surface area contributed by atoms with Crippen molar-refractivity contribution in [1.82, 2.24) is 0 Å².